The van der Waals surface area contributed by atoms with Crippen molar-refractivity contribution in [2.75, 3.05) is 5.73 Å². The molecular weight excluding hydrogens is 265 g/mol. The van der Waals surface area contributed by atoms with Crippen LogP contribution in [0.3, 0.4) is 0 Å². The Kier molecular flexibility index (Phi) is 3.40. The van der Waals surface area contributed by atoms with Crippen molar-refractivity contribution in [3.8, 4) is 0 Å². The highest BCUT2D eigenvalue weighted by Gasteiger charge is 2.12. The van der Waals surface area contributed by atoms with E-state index in [0.29, 0.717) is 16.8 Å². The molecule has 21 heavy (non-hydrogen) atoms. The molecule has 0 saturated heterocycles. The number of carbonyl (C=O) groups is 1. The monoisotopic (exact) mass is 279 g/mol. The van der Waals surface area contributed by atoms with Crippen molar-refractivity contribution in [1.82, 2.24) is 0 Å². The minimum Gasteiger partial charge on any atom is -0.398 e. The molecule has 3 rings (SSSR count). The number of halogens is 1. The number of anilines is 1. The summed E-state index contributed by atoms with van der Waals surface area (Å²) in [5.74, 6) is -0.448. The van der Waals surface area contributed by atoms with Crippen LogP contribution in [0.2, 0.25) is 0 Å². The van der Waals surface area contributed by atoms with E-state index in [1.54, 1.807) is 24.3 Å². The smallest absolute Gasteiger partial charge is 0.169 e. The van der Waals surface area contributed by atoms with Gasteiger partial charge in [0.15, 0.2) is 5.78 Å². The van der Waals surface area contributed by atoms with Crippen LogP contribution in [0, 0.1) is 5.82 Å². The normalized spacial score (nSPS) is 10.7. The lowest BCUT2D eigenvalue weighted by Crippen LogP contribution is -2.07. The Morgan fingerprint density at radius 3 is 2.38 bits per heavy atom. The molecule has 0 saturated carbocycles. The van der Waals surface area contributed by atoms with E-state index in [-0.39, 0.29) is 18.0 Å². The van der Waals surface area contributed by atoms with Crippen LogP contribution in [0.5, 0.6) is 0 Å². The molecule has 2 N–H and O–H groups in total. The van der Waals surface area contributed by atoms with Gasteiger partial charge in [0.05, 0.1) is 0 Å². The minimum absolute atomic E-state index is 0.108. The third kappa shape index (κ3) is 2.77. The van der Waals surface area contributed by atoms with Crippen molar-refractivity contribution < 1.29 is 9.18 Å². The van der Waals surface area contributed by atoms with Crippen LogP contribution < -0.4 is 5.73 Å². The number of nitrogen functional groups attached to an aromatic ring is 1. The maximum atomic E-state index is 13.2. The first kappa shape index (κ1) is 13.3. The number of Topliss-reactive ketones (excluding diaryl/α,β-unsaturated/α-hetero) is 1. The number of ketones is 1. The Bertz CT molecular complexity index is 826. The van der Waals surface area contributed by atoms with Gasteiger partial charge >= 0.3 is 0 Å². The molecule has 0 aliphatic heterocycles. The topological polar surface area (TPSA) is 43.1 Å². The van der Waals surface area contributed by atoms with E-state index >= 15 is 0 Å². The first-order chi connectivity index (χ1) is 10.1. The van der Waals surface area contributed by atoms with E-state index in [9.17, 15) is 9.18 Å². The second-order valence-corrected chi connectivity index (χ2v) is 5.02. The average molecular weight is 279 g/mol. The van der Waals surface area contributed by atoms with Gasteiger partial charge in [-0.1, -0.05) is 36.4 Å². The van der Waals surface area contributed by atoms with Crippen molar-refractivity contribution in [3.05, 3.63) is 77.6 Å². The fourth-order valence-corrected chi connectivity index (χ4v) is 2.43. The summed E-state index contributed by atoms with van der Waals surface area (Å²) in [6.07, 6.45) is 0.139. The SMILES string of the molecule is Nc1cc2ccccc2cc1C(=O)Cc1cccc(F)c1. The molecule has 0 heterocycles. The van der Waals surface area contributed by atoms with Crippen LogP contribution in [-0.2, 0) is 6.42 Å². The van der Waals surface area contributed by atoms with Crippen LogP contribution in [0.1, 0.15) is 15.9 Å². The molecule has 2 nitrogen and oxygen atoms in total. The second kappa shape index (κ2) is 5.37. The van der Waals surface area contributed by atoms with Gasteiger partial charge in [-0.25, -0.2) is 4.39 Å². The van der Waals surface area contributed by atoms with Gasteiger partial charge in [-0.15, -0.1) is 0 Å². The molecule has 0 aromatic heterocycles. The zero-order valence-corrected chi connectivity index (χ0v) is 11.3. The van der Waals surface area contributed by atoms with Crippen molar-refractivity contribution in [2.45, 2.75) is 6.42 Å². The van der Waals surface area contributed by atoms with Gasteiger partial charge in [0.1, 0.15) is 5.82 Å². The van der Waals surface area contributed by atoms with Gasteiger partial charge in [-0.05, 0) is 40.6 Å². The lowest BCUT2D eigenvalue weighted by atomic mass is 9.98. The third-order valence-corrected chi connectivity index (χ3v) is 3.47. The summed E-state index contributed by atoms with van der Waals surface area (Å²) in [4.78, 5) is 12.4. The molecule has 3 heteroatoms. The standard InChI is InChI=1S/C18H14FNO/c19-15-7-3-4-12(8-15)9-18(21)16-10-13-5-1-2-6-14(13)11-17(16)20/h1-8,10-11H,9,20H2. The lowest BCUT2D eigenvalue weighted by Gasteiger charge is -2.07. The zero-order valence-electron chi connectivity index (χ0n) is 11.3. The summed E-state index contributed by atoms with van der Waals surface area (Å²) < 4.78 is 13.2. The average Bonchev–Trinajstić information content (AvgIpc) is 2.46. The van der Waals surface area contributed by atoms with E-state index < -0.39 is 0 Å². The highest BCUT2D eigenvalue weighted by atomic mass is 19.1. The number of hydrogen-bond donors (Lipinski definition) is 1. The van der Waals surface area contributed by atoms with Gasteiger partial charge in [-0.2, -0.15) is 0 Å². The summed E-state index contributed by atoms with van der Waals surface area (Å²) >= 11 is 0. The largest absolute Gasteiger partial charge is 0.398 e. The molecule has 3 aromatic rings. The van der Waals surface area contributed by atoms with Crippen LogP contribution >= 0.6 is 0 Å². The molecule has 0 atom stereocenters. The molecule has 0 unspecified atom stereocenters. The molecule has 0 bridgehead atoms. The number of hydrogen-bond acceptors (Lipinski definition) is 2. The summed E-state index contributed by atoms with van der Waals surface area (Å²) in [6, 6.07) is 17.4. The van der Waals surface area contributed by atoms with Gasteiger partial charge in [-0.3, -0.25) is 4.79 Å². The van der Waals surface area contributed by atoms with E-state index in [2.05, 4.69) is 0 Å². The van der Waals surface area contributed by atoms with E-state index in [1.807, 2.05) is 24.3 Å². The lowest BCUT2D eigenvalue weighted by molar-refractivity contribution is 0.0994. The maximum Gasteiger partial charge on any atom is 0.169 e. The van der Waals surface area contributed by atoms with E-state index in [4.69, 9.17) is 5.73 Å². The molecule has 0 aliphatic carbocycles. The third-order valence-electron chi connectivity index (χ3n) is 3.47. The quantitative estimate of drug-likeness (QED) is 0.582. The number of benzene rings is 3. The van der Waals surface area contributed by atoms with Gasteiger partial charge in [0.2, 0.25) is 0 Å². The molecule has 0 fully saturated rings. The van der Waals surface area contributed by atoms with Crippen molar-refractivity contribution in [3.63, 3.8) is 0 Å². The van der Waals surface area contributed by atoms with Gasteiger partial charge in [0.25, 0.3) is 0 Å². The van der Waals surface area contributed by atoms with Crippen LogP contribution in [0.4, 0.5) is 10.1 Å². The molecule has 3 aromatic carbocycles. The maximum absolute atomic E-state index is 13.2. The van der Waals surface area contributed by atoms with Crippen molar-refractivity contribution in [1.29, 1.82) is 0 Å². The number of rotatable bonds is 3. The Labute approximate surface area is 122 Å². The fraction of sp³-hybridized carbons (Fsp3) is 0.0556. The van der Waals surface area contributed by atoms with Gasteiger partial charge < -0.3 is 5.73 Å². The minimum atomic E-state index is -0.341. The zero-order chi connectivity index (χ0) is 14.8. The first-order valence-corrected chi connectivity index (χ1v) is 6.69. The molecule has 0 spiro atoms. The summed E-state index contributed by atoms with van der Waals surface area (Å²) in [5.41, 5.74) is 7.56. The summed E-state index contributed by atoms with van der Waals surface area (Å²) in [5, 5.41) is 1.96. The Balaban J connectivity index is 1.96. The van der Waals surface area contributed by atoms with E-state index in [0.717, 1.165) is 10.8 Å². The van der Waals surface area contributed by atoms with Crippen molar-refractivity contribution >= 4 is 22.2 Å². The van der Waals surface area contributed by atoms with E-state index in [1.165, 1.54) is 12.1 Å². The highest BCUT2D eigenvalue weighted by Crippen LogP contribution is 2.23. The number of fused-ring (bicyclic) bond motifs is 1. The van der Waals surface area contributed by atoms with Crippen LogP contribution in [-0.4, -0.2) is 5.78 Å². The molecule has 0 amide bonds. The summed E-state index contributed by atoms with van der Waals surface area (Å²) in [7, 11) is 0. The Morgan fingerprint density at radius 2 is 1.67 bits per heavy atom. The Morgan fingerprint density at radius 1 is 0.952 bits per heavy atom. The number of carbonyl (C=O) groups excluding carboxylic acids is 1. The Hall–Kier alpha value is -2.68. The highest BCUT2D eigenvalue weighted by molar-refractivity contribution is 6.05. The molecule has 104 valence electrons. The molecule has 0 radical (unpaired) electrons. The van der Waals surface area contributed by atoms with Gasteiger partial charge in [0, 0.05) is 17.7 Å². The van der Waals surface area contributed by atoms with Crippen LogP contribution in [0.25, 0.3) is 10.8 Å². The van der Waals surface area contributed by atoms with Crippen molar-refractivity contribution in [2.24, 2.45) is 0 Å². The predicted molar refractivity (Wildman–Crippen MR) is 82.8 cm³/mol. The van der Waals surface area contributed by atoms with Crippen LogP contribution in [0.15, 0.2) is 60.7 Å². The first-order valence-electron chi connectivity index (χ1n) is 6.69. The molecule has 0 aliphatic rings. The predicted octanol–water partition coefficient (Wildman–Crippen LogP) is 3.99. The fourth-order valence-electron chi connectivity index (χ4n) is 2.43. The molecular formula is C18H14FNO. The number of nitrogens with two attached hydrogens (primary N) is 1. The summed E-state index contributed by atoms with van der Waals surface area (Å²) in [6.45, 7) is 0. The second-order valence-electron chi connectivity index (χ2n) is 5.02.